The van der Waals surface area contributed by atoms with E-state index in [1.54, 1.807) is 29.6 Å². The minimum Gasteiger partial charge on any atom is -0.449 e. The van der Waals surface area contributed by atoms with Crippen molar-refractivity contribution in [3.63, 3.8) is 0 Å². The molecule has 4 rings (SSSR count). The summed E-state index contributed by atoms with van der Waals surface area (Å²) < 4.78 is 45.4. The normalized spacial score (nSPS) is 14.8. The molecule has 1 aliphatic rings. The molecule has 2 aromatic carbocycles. The molecular weight excluding hydrogens is 619 g/mol. The molecule has 3 aromatic rings. The highest BCUT2D eigenvalue weighted by molar-refractivity contribution is 9.10. The maximum atomic E-state index is 13.0. The Hall–Kier alpha value is -3.27. The Morgan fingerprint density at radius 3 is 2.57 bits per heavy atom. The number of carbonyl (C=O) groups is 2. The van der Waals surface area contributed by atoms with E-state index in [2.05, 4.69) is 21.4 Å². The van der Waals surface area contributed by atoms with Crippen molar-refractivity contribution in [2.75, 3.05) is 0 Å². The molecule has 2 amide bonds. The predicted molar refractivity (Wildman–Crippen MR) is 139 cm³/mol. The number of hydrazine groups is 1. The molecule has 0 unspecified atom stereocenters. The van der Waals surface area contributed by atoms with Crippen LogP contribution in [-0.4, -0.2) is 26.1 Å². The van der Waals surface area contributed by atoms with Crippen molar-refractivity contribution < 1.29 is 32.4 Å². The van der Waals surface area contributed by atoms with Gasteiger partial charge in [-0.3, -0.25) is 25.1 Å². The van der Waals surface area contributed by atoms with Gasteiger partial charge < -0.3 is 4.74 Å². The van der Waals surface area contributed by atoms with E-state index in [0.717, 1.165) is 22.8 Å². The molecule has 37 heavy (non-hydrogen) atoms. The van der Waals surface area contributed by atoms with Gasteiger partial charge in [0.15, 0.2) is 4.32 Å². The van der Waals surface area contributed by atoms with E-state index in [1.807, 2.05) is 0 Å². The summed E-state index contributed by atoms with van der Waals surface area (Å²) in [5.74, 6) is -1.54. The fraction of sp³-hybridized carbons (Fsp3) is 0.0455. The van der Waals surface area contributed by atoms with E-state index in [-0.39, 0.29) is 20.5 Å². The number of nitro benzene ring substituents is 1. The van der Waals surface area contributed by atoms with Gasteiger partial charge in [-0.15, -0.1) is 11.3 Å². The Morgan fingerprint density at radius 2 is 1.92 bits per heavy atom. The number of benzene rings is 2. The van der Waals surface area contributed by atoms with Gasteiger partial charge in [0.1, 0.15) is 5.75 Å². The summed E-state index contributed by atoms with van der Waals surface area (Å²) in [4.78, 5) is 36.2. The smallest absolute Gasteiger partial charge is 0.416 e. The fourth-order valence-corrected chi connectivity index (χ4v) is 5.20. The molecule has 1 aromatic heterocycles. The van der Waals surface area contributed by atoms with Crippen molar-refractivity contribution in [3.05, 3.63) is 89.4 Å². The number of carbonyl (C=O) groups excluding carboxylic acids is 2. The van der Waals surface area contributed by atoms with Crippen molar-refractivity contribution in [2.45, 2.75) is 6.18 Å². The van der Waals surface area contributed by atoms with Crippen LogP contribution in [0.3, 0.4) is 0 Å². The molecule has 1 fully saturated rings. The molecule has 0 radical (unpaired) electrons. The molecule has 2 heterocycles. The zero-order valence-corrected chi connectivity index (χ0v) is 22.0. The van der Waals surface area contributed by atoms with E-state index < -0.39 is 39.9 Å². The minimum atomic E-state index is -4.78. The van der Waals surface area contributed by atoms with Gasteiger partial charge in [0.2, 0.25) is 5.75 Å². The summed E-state index contributed by atoms with van der Waals surface area (Å²) in [5.41, 5.74) is 0.635. The highest BCUT2D eigenvalue weighted by Crippen LogP contribution is 2.40. The summed E-state index contributed by atoms with van der Waals surface area (Å²) in [7, 11) is 0. The Morgan fingerprint density at radius 1 is 1.19 bits per heavy atom. The monoisotopic (exact) mass is 629 g/mol. The molecule has 0 bridgehead atoms. The van der Waals surface area contributed by atoms with Crippen LogP contribution >= 0.6 is 51.2 Å². The molecular formula is C22H11BrF3N3O5S3. The molecule has 1 saturated heterocycles. The standard InChI is InChI=1S/C22H11BrF3N3O5S3/c23-13-4-6-15(34-16-5-3-12(22(24,25)26)10-14(16)29(32)33)11(8-13)9-18-20(31)28(21(35)37-18)27-19(30)17-2-1-7-36-17/h1-10H,(H,27,30)/b18-9+. The lowest BCUT2D eigenvalue weighted by atomic mass is 10.1. The third-order valence-electron chi connectivity index (χ3n) is 4.71. The van der Waals surface area contributed by atoms with Crippen molar-refractivity contribution in [3.8, 4) is 11.5 Å². The number of nitro groups is 1. The third-order valence-corrected chi connectivity index (χ3v) is 7.38. The van der Waals surface area contributed by atoms with Crippen LogP contribution in [0.4, 0.5) is 18.9 Å². The zero-order chi connectivity index (χ0) is 26.9. The molecule has 1 aliphatic heterocycles. The molecule has 1 N–H and O–H groups in total. The molecule has 0 saturated carbocycles. The van der Waals surface area contributed by atoms with Gasteiger partial charge in [0, 0.05) is 16.1 Å². The number of hydrogen-bond donors (Lipinski definition) is 1. The predicted octanol–water partition coefficient (Wildman–Crippen LogP) is 6.78. The summed E-state index contributed by atoms with van der Waals surface area (Å²) in [6.45, 7) is 0. The quantitative estimate of drug-likeness (QED) is 0.139. The van der Waals surface area contributed by atoms with Gasteiger partial charge in [-0.05, 0) is 60.1 Å². The lowest BCUT2D eigenvalue weighted by Crippen LogP contribution is -2.44. The second-order valence-corrected chi connectivity index (χ2v) is 10.7. The Bertz CT molecular complexity index is 1460. The van der Waals surface area contributed by atoms with Crippen molar-refractivity contribution >= 4 is 79.1 Å². The van der Waals surface area contributed by atoms with Crippen LogP contribution in [0.15, 0.2) is 63.3 Å². The van der Waals surface area contributed by atoms with Crippen LogP contribution < -0.4 is 10.2 Å². The first-order valence-electron chi connectivity index (χ1n) is 9.89. The van der Waals surface area contributed by atoms with Crippen molar-refractivity contribution in [1.29, 1.82) is 0 Å². The average Bonchev–Trinajstić information content (AvgIpc) is 3.45. The average molecular weight is 630 g/mol. The van der Waals surface area contributed by atoms with Crippen LogP contribution in [0.2, 0.25) is 0 Å². The number of rotatable bonds is 6. The Labute approximate surface area is 228 Å². The van der Waals surface area contributed by atoms with E-state index in [4.69, 9.17) is 17.0 Å². The number of hydrogen-bond acceptors (Lipinski definition) is 8. The molecule has 190 valence electrons. The zero-order valence-electron chi connectivity index (χ0n) is 17.9. The maximum absolute atomic E-state index is 13.0. The Balaban J connectivity index is 1.64. The van der Waals surface area contributed by atoms with Gasteiger partial charge in [0.25, 0.3) is 11.8 Å². The number of nitrogens with zero attached hydrogens (tertiary/aromatic N) is 2. The highest BCUT2D eigenvalue weighted by atomic mass is 79.9. The van der Waals surface area contributed by atoms with Gasteiger partial charge in [-0.1, -0.05) is 33.8 Å². The third kappa shape index (κ3) is 6.01. The molecule has 15 heteroatoms. The van der Waals surface area contributed by atoms with Gasteiger partial charge in [-0.25, -0.2) is 0 Å². The van der Waals surface area contributed by atoms with Crippen LogP contribution in [0.25, 0.3) is 6.08 Å². The van der Waals surface area contributed by atoms with E-state index in [1.165, 1.54) is 23.5 Å². The van der Waals surface area contributed by atoms with Crippen LogP contribution in [0.1, 0.15) is 20.8 Å². The summed E-state index contributed by atoms with van der Waals surface area (Å²) in [6, 6.07) is 9.69. The number of alkyl halides is 3. The maximum Gasteiger partial charge on any atom is 0.416 e. The van der Waals surface area contributed by atoms with Crippen LogP contribution in [0.5, 0.6) is 11.5 Å². The van der Waals surface area contributed by atoms with Crippen molar-refractivity contribution in [2.24, 2.45) is 0 Å². The molecule has 8 nitrogen and oxygen atoms in total. The van der Waals surface area contributed by atoms with Gasteiger partial charge in [-0.2, -0.15) is 18.2 Å². The first-order valence-corrected chi connectivity index (χ1v) is 12.8. The van der Waals surface area contributed by atoms with Crippen LogP contribution in [0, 0.1) is 10.1 Å². The lowest BCUT2D eigenvalue weighted by molar-refractivity contribution is -0.385. The molecule has 0 atom stereocenters. The fourth-order valence-electron chi connectivity index (χ4n) is 3.04. The Kier molecular flexibility index (Phi) is 7.68. The van der Waals surface area contributed by atoms with E-state index >= 15 is 0 Å². The number of amides is 2. The summed E-state index contributed by atoms with van der Waals surface area (Å²) in [5, 5.41) is 14.1. The summed E-state index contributed by atoms with van der Waals surface area (Å²) >= 11 is 10.6. The minimum absolute atomic E-state index is 0.0268. The first-order chi connectivity index (χ1) is 17.4. The van der Waals surface area contributed by atoms with E-state index in [9.17, 15) is 32.9 Å². The second kappa shape index (κ2) is 10.6. The van der Waals surface area contributed by atoms with Crippen LogP contribution in [-0.2, 0) is 11.0 Å². The highest BCUT2D eigenvalue weighted by Gasteiger charge is 2.35. The number of thiophene rings is 1. The van der Waals surface area contributed by atoms with Gasteiger partial charge in [0.05, 0.1) is 20.3 Å². The number of halogens is 4. The number of nitrogens with one attached hydrogen (secondary N) is 1. The molecule has 0 spiro atoms. The van der Waals surface area contributed by atoms with Gasteiger partial charge >= 0.3 is 11.9 Å². The number of thiocarbonyl (C=S) groups is 1. The lowest BCUT2D eigenvalue weighted by Gasteiger charge is -2.14. The largest absolute Gasteiger partial charge is 0.449 e. The second-order valence-electron chi connectivity index (χ2n) is 7.16. The molecule has 0 aliphatic carbocycles. The first kappa shape index (κ1) is 26.8. The summed E-state index contributed by atoms with van der Waals surface area (Å²) in [6.07, 6.45) is -3.38. The van der Waals surface area contributed by atoms with E-state index in [0.29, 0.717) is 21.5 Å². The SMILES string of the molecule is O=C(NN1C(=O)/C(=C\c2cc(Br)ccc2Oc2ccc(C(F)(F)F)cc2[N+](=O)[O-])SC1=S)c1cccs1. The number of ether oxygens (including phenoxy) is 1. The number of thioether (sulfide) groups is 1. The topological polar surface area (TPSA) is 102 Å². The van der Waals surface area contributed by atoms with Crippen molar-refractivity contribution in [1.82, 2.24) is 10.4 Å².